The molecule has 0 saturated carbocycles. The van der Waals surface area contributed by atoms with Gasteiger partial charge in [-0.1, -0.05) is 17.7 Å². The van der Waals surface area contributed by atoms with Crippen molar-refractivity contribution in [2.24, 2.45) is 0 Å². The number of nitrogens with two attached hydrogens (primary N) is 1. The van der Waals surface area contributed by atoms with E-state index in [4.69, 9.17) is 10.2 Å². The van der Waals surface area contributed by atoms with Gasteiger partial charge in [-0.3, -0.25) is 4.57 Å². The van der Waals surface area contributed by atoms with Crippen LogP contribution in [0.2, 0.25) is 0 Å². The Hall–Kier alpha value is -2.49. The molecule has 3 aromatic rings. The molecule has 0 amide bonds. The molecule has 0 radical (unpaired) electrons. The summed E-state index contributed by atoms with van der Waals surface area (Å²) in [7, 11) is 0. The van der Waals surface area contributed by atoms with Crippen molar-refractivity contribution < 1.29 is 4.42 Å². The standard InChI is InChI=1S/C17H18N2O2/c1-10-6-11(2)14(12(3)7-10)9-19-15-8-13(18)4-5-16(15)21-17(19)20/h4-8H,9,18H2,1-3H3. The molecule has 2 aromatic carbocycles. The van der Waals surface area contributed by atoms with Crippen molar-refractivity contribution in [1.82, 2.24) is 4.57 Å². The predicted molar refractivity (Wildman–Crippen MR) is 84.6 cm³/mol. The summed E-state index contributed by atoms with van der Waals surface area (Å²) in [6, 6.07) is 9.50. The molecule has 108 valence electrons. The maximum Gasteiger partial charge on any atom is 0.420 e. The summed E-state index contributed by atoms with van der Waals surface area (Å²) in [6.07, 6.45) is 0. The zero-order valence-electron chi connectivity index (χ0n) is 12.4. The van der Waals surface area contributed by atoms with E-state index < -0.39 is 0 Å². The van der Waals surface area contributed by atoms with E-state index in [0.29, 0.717) is 17.8 Å². The van der Waals surface area contributed by atoms with Crippen LogP contribution in [0.25, 0.3) is 11.1 Å². The summed E-state index contributed by atoms with van der Waals surface area (Å²) in [5.41, 5.74) is 12.5. The fourth-order valence-corrected chi connectivity index (χ4v) is 2.85. The number of nitrogens with zero attached hydrogens (tertiary/aromatic N) is 1. The van der Waals surface area contributed by atoms with E-state index in [-0.39, 0.29) is 5.76 Å². The number of hydrogen-bond donors (Lipinski definition) is 1. The highest BCUT2D eigenvalue weighted by atomic mass is 16.4. The summed E-state index contributed by atoms with van der Waals surface area (Å²) in [6.45, 7) is 6.70. The first-order valence-corrected chi connectivity index (χ1v) is 6.91. The number of oxazole rings is 1. The van der Waals surface area contributed by atoms with Crippen LogP contribution in [0.3, 0.4) is 0 Å². The molecule has 21 heavy (non-hydrogen) atoms. The van der Waals surface area contributed by atoms with Crippen molar-refractivity contribution >= 4 is 16.8 Å². The van der Waals surface area contributed by atoms with Gasteiger partial charge < -0.3 is 10.2 Å². The number of benzene rings is 2. The first-order chi connectivity index (χ1) is 9.95. The largest absolute Gasteiger partial charge is 0.420 e. The lowest BCUT2D eigenvalue weighted by Crippen LogP contribution is -2.16. The Morgan fingerprint density at radius 2 is 1.76 bits per heavy atom. The lowest BCUT2D eigenvalue weighted by Gasteiger charge is -2.11. The average Bonchev–Trinajstić information content (AvgIpc) is 2.69. The molecular formula is C17H18N2O2. The van der Waals surface area contributed by atoms with Gasteiger partial charge in [0.1, 0.15) is 0 Å². The highest BCUT2D eigenvalue weighted by Gasteiger charge is 2.12. The van der Waals surface area contributed by atoms with E-state index in [1.165, 1.54) is 16.7 Å². The van der Waals surface area contributed by atoms with Gasteiger partial charge in [0.05, 0.1) is 12.1 Å². The Morgan fingerprint density at radius 3 is 2.43 bits per heavy atom. The van der Waals surface area contributed by atoms with Gasteiger partial charge >= 0.3 is 5.76 Å². The Labute approximate surface area is 122 Å². The molecule has 0 bridgehead atoms. The van der Waals surface area contributed by atoms with E-state index in [0.717, 1.165) is 11.1 Å². The third kappa shape index (κ3) is 2.33. The van der Waals surface area contributed by atoms with Gasteiger partial charge in [0.25, 0.3) is 0 Å². The predicted octanol–water partition coefficient (Wildman–Crippen LogP) is 3.15. The van der Waals surface area contributed by atoms with Crippen molar-refractivity contribution in [3.05, 3.63) is 63.1 Å². The zero-order chi connectivity index (χ0) is 15.1. The molecule has 0 aliphatic rings. The summed E-state index contributed by atoms with van der Waals surface area (Å²) in [5, 5.41) is 0. The summed E-state index contributed by atoms with van der Waals surface area (Å²) < 4.78 is 6.92. The van der Waals surface area contributed by atoms with Gasteiger partial charge in [-0.05, 0) is 55.7 Å². The first kappa shape index (κ1) is 13.5. The van der Waals surface area contributed by atoms with E-state index in [1.807, 2.05) is 0 Å². The number of aryl methyl sites for hydroxylation is 3. The molecule has 0 aliphatic carbocycles. The zero-order valence-corrected chi connectivity index (χ0v) is 12.4. The molecule has 0 atom stereocenters. The Balaban J connectivity index is 2.17. The number of hydrogen-bond acceptors (Lipinski definition) is 3. The molecule has 3 rings (SSSR count). The molecule has 4 heteroatoms. The van der Waals surface area contributed by atoms with Gasteiger partial charge in [0, 0.05) is 5.69 Å². The van der Waals surface area contributed by atoms with E-state index in [1.54, 1.807) is 22.8 Å². The normalized spacial score (nSPS) is 11.2. The molecule has 1 aromatic heterocycles. The van der Waals surface area contributed by atoms with E-state index in [2.05, 4.69) is 32.9 Å². The number of nitrogen functional groups attached to an aromatic ring is 1. The SMILES string of the molecule is Cc1cc(C)c(Cn2c(=O)oc3ccc(N)cc32)c(C)c1. The van der Waals surface area contributed by atoms with E-state index >= 15 is 0 Å². The van der Waals surface area contributed by atoms with Gasteiger partial charge in [0.2, 0.25) is 0 Å². The lowest BCUT2D eigenvalue weighted by molar-refractivity contribution is 0.517. The lowest BCUT2D eigenvalue weighted by atomic mass is 10.00. The van der Waals surface area contributed by atoms with Gasteiger partial charge in [-0.25, -0.2) is 4.79 Å². The number of anilines is 1. The minimum Gasteiger partial charge on any atom is -0.408 e. The summed E-state index contributed by atoms with van der Waals surface area (Å²) >= 11 is 0. The van der Waals surface area contributed by atoms with Gasteiger partial charge in [-0.15, -0.1) is 0 Å². The summed E-state index contributed by atoms with van der Waals surface area (Å²) in [5.74, 6) is -0.352. The van der Waals surface area contributed by atoms with Crippen molar-refractivity contribution in [3.8, 4) is 0 Å². The third-order valence-corrected chi connectivity index (χ3v) is 3.85. The van der Waals surface area contributed by atoms with Gasteiger partial charge in [-0.2, -0.15) is 0 Å². The first-order valence-electron chi connectivity index (χ1n) is 6.91. The fourth-order valence-electron chi connectivity index (χ4n) is 2.85. The van der Waals surface area contributed by atoms with Crippen LogP contribution >= 0.6 is 0 Å². The average molecular weight is 282 g/mol. The van der Waals surface area contributed by atoms with Crippen LogP contribution < -0.4 is 11.5 Å². The Bertz CT molecular complexity index is 864. The second-order valence-electron chi connectivity index (χ2n) is 5.56. The molecule has 2 N–H and O–H groups in total. The second kappa shape index (κ2) is 4.81. The molecule has 0 unspecified atom stereocenters. The number of fused-ring (bicyclic) bond motifs is 1. The fraction of sp³-hybridized carbons (Fsp3) is 0.235. The van der Waals surface area contributed by atoms with E-state index in [9.17, 15) is 4.79 Å². The smallest absolute Gasteiger partial charge is 0.408 e. The number of aromatic nitrogens is 1. The van der Waals surface area contributed by atoms with Crippen LogP contribution in [0.15, 0.2) is 39.5 Å². The topological polar surface area (TPSA) is 61.2 Å². The maximum absolute atomic E-state index is 12.1. The minimum absolute atomic E-state index is 0.352. The Morgan fingerprint density at radius 1 is 1.10 bits per heavy atom. The maximum atomic E-state index is 12.1. The second-order valence-corrected chi connectivity index (χ2v) is 5.56. The van der Waals surface area contributed by atoms with Crippen LogP contribution in [-0.4, -0.2) is 4.57 Å². The quantitative estimate of drug-likeness (QED) is 0.734. The van der Waals surface area contributed by atoms with Crippen molar-refractivity contribution in [2.45, 2.75) is 27.3 Å². The number of rotatable bonds is 2. The molecule has 4 nitrogen and oxygen atoms in total. The molecule has 0 spiro atoms. The van der Waals surface area contributed by atoms with Crippen molar-refractivity contribution in [2.75, 3.05) is 5.73 Å². The summed E-state index contributed by atoms with van der Waals surface area (Å²) in [4.78, 5) is 12.1. The van der Waals surface area contributed by atoms with Crippen LogP contribution in [0, 0.1) is 20.8 Å². The molecule has 0 saturated heterocycles. The van der Waals surface area contributed by atoms with Crippen LogP contribution in [-0.2, 0) is 6.54 Å². The monoisotopic (exact) mass is 282 g/mol. The molecule has 0 aliphatic heterocycles. The van der Waals surface area contributed by atoms with Crippen LogP contribution in [0.5, 0.6) is 0 Å². The highest BCUT2D eigenvalue weighted by Crippen LogP contribution is 2.21. The van der Waals surface area contributed by atoms with Gasteiger partial charge in [0.15, 0.2) is 5.58 Å². The molecule has 1 heterocycles. The molecular weight excluding hydrogens is 264 g/mol. The Kier molecular flexibility index (Phi) is 3.09. The van der Waals surface area contributed by atoms with Crippen molar-refractivity contribution in [1.29, 1.82) is 0 Å². The molecule has 0 fully saturated rings. The van der Waals surface area contributed by atoms with Crippen molar-refractivity contribution in [3.63, 3.8) is 0 Å². The van der Waals surface area contributed by atoms with Crippen LogP contribution in [0.4, 0.5) is 5.69 Å². The third-order valence-electron chi connectivity index (χ3n) is 3.85. The highest BCUT2D eigenvalue weighted by molar-refractivity contribution is 5.77. The minimum atomic E-state index is -0.352. The van der Waals surface area contributed by atoms with Crippen LogP contribution in [0.1, 0.15) is 22.3 Å².